The van der Waals surface area contributed by atoms with E-state index < -0.39 is 0 Å². The quantitative estimate of drug-likeness (QED) is 0.461. The minimum atomic E-state index is 0.0870. The summed E-state index contributed by atoms with van der Waals surface area (Å²) in [5.41, 5.74) is 4.26. The van der Waals surface area contributed by atoms with E-state index in [9.17, 15) is 4.79 Å². The molecule has 0 bridgehead atoms. The van der Waals surface area contributed by atoms with Gasteiger partial charge in [0, 0.05) is 31.1 Å². The molecule has 0 N–H and O–H groups in total. The molecule has 3 aromatic rings. The monoisotopic (exact) mass is 435 g/mol. The maximum atomic E-state index is 13.2. The van der Waals surface area contributed by atoms with Crippen molar-refractivity contribution in [2.45, 2.75) is 50.3 Å². The summed E-state index contributed by atoms with van der Waals surface area (Å²) >= 11 is 1.53. The van der Waals surface area contributed by atoms with Crippen LogP contribution < -0.4 is 0 Å². The molecule has 5 nitrogen and oxygen atoms in total. The smallest absolute Gasteiger partial charge is 0.256 e. The Morgan fingerprint density at radius 3 is 2.65 bits per heavy atom. The van der Waals surface area contributed by atoms with Crippen LogP contribution in [0.4, 0.5) is 0 Å². The number of amides is 1. The van der Waals surface area contributed by atoms with Crippen LogP contribution in [0.5, 0.6) is 0 Å². The molecule has 0 unspecified atom stereocenters. The van der Waals surface area contributed by atoms with Crippen LogP contribution in [0.1, 0.15) is 52.2 Å². The van der Waals surface area contributed by atoms with E-state index in [-0.39, 0.29) is 5.91 Å². The number of pyridine rings is 1. The van der Waals surface area contributed by atoms with Gasteiger partial charge in [0.25, 0.3) is 5.91 Å². The molecule has 1 aliphatic heterocycles. The van der Waals surface area contributed by atoms with E-state index in [2.05, 4.69) is 41.3 Å². The van der Waals surface area contributed by atoms with Gasteiger partial charge in [0.15, 0.2) is 0 Å². The number of thioether (sulfide) groups is 1. The molecular formula is C25H29N3O2S. The minimum Gasteiger partial charge on any atom is -0.361 e. The fourth-order valence-corrected chi connectivity index (χ4v) is 4.88. The lowest BCUT2D eigenvalue weighted by atomic mass is 9.90. The largest absolute Gasteiger partial charge is 0.361 e. The van der Waals surface area contributed by atoms with Crippen LogP contribution in [-0.4, -0.2) is 34.0 Å². The van der Waals surface area contributed by atoms with Crippen LogP contribution in [0, 0.1) is 19.8 Å². The number of nitrogens with zero attached hydrogens (tertiary/aromatic N) is 3. The van der Waals surface area contributed by atoms with Gasteiger partial charge >= 0.3 is 0 Å². The molecule has 2 aromatic heterocycles. The number of hydrogen-bond acceptors (Lipinski definition) is 5. The normalized spacial score (nSPS) is 14.7. The number of carbonyl (C=O) groups is 1. The number of carbonyl (C=O) groups excluding carboxylic acids is 1. The third kappa shape index (κ3) is 5.76. The van der Waals surface area contributed by atoms with Crippen molar-refractivity contribution >= 4 is 17.7 Å². The molecule has 3 heterocycles. The molecule has 0 radical (unpaired) electrons. The lowest BCUT2D eigenvalue weighted by Gasteiger charge is -2.32. The molecule has 4 rings (SSSR count). The molecule has 162 valence electrons. The zero-order chi connectivity index (χ0) is 21.6. The van der Waals surface area contributed by atoms with Gasteiger partial charge in [-0.1, -0.05) is 46.7 Å². The van der Waals surface area contributed by atoms with Crippen molar-refractivity contribution in [1.29, 1.82) is 0 Å². The molecule has 1 saturated heterocycles. The molecule has 1 fully saturated rings. The highest BCUT2D eigenvalue weighted by molar-refractivity contribution is 7.98. The van der Waals surface area contributed by atoms with Gasteiger partial charge in [-0.05, 0) is 63.1 Å². The van der Waals surface area contributed by atoms with Gasteiger partial charge in [-0.25, -0.2) is 4.98 Å². The highest BCUT2D eigenvalue weighted by Gasteiger charge is 2.25. The van der Waals surface area contributed by atoms with Crippen LogP contribution >= 0.6 is 11.8 Å². The summed E-state index contributed by atoms with van der Waals surface area (Å²) in [4.78, 5) is 19.6. The Balaban J connectivity index is 1.30. The zero-order valence-corrected chi connectivity index (χ0v) is 19.0. The van der Waals surface area contributed by atoms with Crippen LogP contribution in [0.15, 0.2) is 58.2 Å². The van der Waals surface area contributed by atoms with Crippen LogP contribution in [0.25, 0.3) is 0 Å². The Labute approximate surface area is 188 Å². The van der Waals surface area contributed by atoms with Crippen molar-refractivity contribution < 1.29 is 9.32 Å². The minimum absolute atomic E-state index is 0.0870. The molecule has 0 aliphatic carbocycles. The van der Waals surface area contributed by atoms with E-state index >= 15 is 0 Å². The molecule has 1 aromatic carbocycles. The number of likely N-dealkylation sites (tertiary alicyclic amines) is 1. The summed E-state index contributed by atoms with van der Waals surface area (Å²) < 4.78 is 5.13. The third-order valence-corrected chi connectivity index (χ3v) is 6.94. The number of benzene rings is 1. The average Bonchev–Trinajstić information content (AvgIpc) is 3.22. The lowest BCUT2D eigenvalue weighted by molar-refractivity contribution is 0.0682. The predicted molar refractivity (Wildman–Crippen MR) is 123 cm³/mol. The fraction of sp³-hybridized carbons (Fsp3) is 0.400. The molecule has 6 heteroatoms. The van der Waals surface area contributed by atoms with Gasteiger partial charge in [0.2, 0.25) is 0 Å². The van der Waals surface area contributed by atoms with Gasteiger partial charge in [0.05, 0.1) is 11.3 Å². The Hall–Kier alpha value is -2.60. The first-order valence-electron chi connectivity index (χ1n) is 10.9. The summed E-state index contributed by atoms with van der Waals surface area (Å²) in [6, 6.07) is 14.5. The molecule has 0 saturated carbocycles. The van der Waals surface area contributed by atoms with Gasteiger partial charge in [-0.15, -0.1) is 0 Å². The molecule has 1 amide bonds. The van der Waals surface area contributed by atoms with Crippen LogP contribution in [0.3, 0.4) is 0 Å². The maximum Gasteiger partial charge on any atom is 0.256 e. The Kier molecular flexibility index (Phi) is 7.07. The van der Waals surface area contributed by atoms with Gasteiger partial charge in [-0.3, -0.25) is 4.79 Å². The number of aryl methyl sites for hydroxylation is 3. The summed E-state index contributed by atoms with van der Waals surface area (Å²) in [6.07, 6.45) is 6.18. The first kappa shape index (κ1) is 21.6. The standard InChI is InChI=1S/C25H29N3O2S/c1-18-5-7-20(8-6-18)9-10-21-11-14-28(15-12-21)25(29)23-4-3-13-26-24(23)31-17-22-16-19(2)30-27-22/h3-8,13,16,21H,9-12,14-15,17H2,1-2H3. The van der Waals surface area contributed by atoms with Gasteiger partial charge in [0.1, 0.15) is 10.8 Å². The van der Waals surface area contributed by atoms with E-state index in [1.165, 1.54) is 29.3 Å². The van der Waals surface area contributed by atoms with Crippen molar-refractivity contribution in [1.82, 2.24) is 15.0 Å². The lowest BCUT2D eigenvalue weighted by Crippen LogP contribution is -2.38. The average molecular weight is 436 g/mol. The second kappa shape index (κ2) is 10.1. The first-order chi connectivity index (χ1) is 15.1. The van der Waals surface area contributed by atoms with E-state index in [4.69, 9.17) is 4.52 Å². The fourth-order valence-electron chi connectivity index (χ4n) is 4.02. The number of rotatable bonds is 7. The summed E-state index contributed by atoms with van der Waals surface area (Å²) in [6.45, 7) is 5.64. The molecule has 31 heavy (non-hydrogen) atoms. The number of piperidine rings is 1. The predicted octanol–water partition coefficient (Wildman–Crippen LogP) is 5.46. The van der Waals surface area contributed by atoms with E-state index in [0.29, 0.717) is 17.2 Å². The Morgan fingerprint density at radius 1 is 1.16 bits per heavy atom. The number of hydrogen-bond donors (Lipinski definition) is 0. The molecule has 1 aliphatic rings. The van der Waals surface area contributed by atoms with E-state index in [0.717, 1.165) is 48.8 Å². The summed E-state index contributed by atoms with van der Waals surface area (Å²) in [5, 5.41) is 4.79. The zero-order valence-electron chi connectivity index (χ0n) is 18.2. The molecule has 0 spiro atoms. The van der Waals surface area contributed by atoms with Gasteiger partial charge < -0.3 is 9.42 Å². The summed E-state index contributed by atoms with van der Waals surface area (Å²) in [7, 11) is 0. The van der Waals surface area contributed by atoms with Crippen molar-refractivity contribution in [2.75, 3.05) is 13.1 Å². The molecule has 0 atom stereocenters. The summed E-state index contributed by atoms with van der Waals surface area (Å²) in [5.74, 6) is 2.20. The van der Waals surface area contributed by atoms with E-state index in [1.54, 1.807) is 6.20 Å². The first-order valence-corrected chi connectivity index (χ1v) is 11.9. The van der Waals surface area contributed by atoms with E-state index in [1.807, 2.05) is 30.0 Å². The van der Waals surface area contributed by atoms with Crippen LogP contribution in [0.2, 0.25) is 0 Å². The van der Waals surface area contributed by atoms with Crippen molar-refractivity contribution in [3.8, 4) is 0 Å². The third-order valence-electron chi connectivity index (χ3n) is 5.90. The molecular weight excluding hydrogens is 406 g/mol. The van der Waals surface area contributed by atoms with Gasteiger partial charge in [-0.2, -0.15) is 0 Å². The Morgan fingerprint density at radius 2 is 1.94 bits per heavy atom. The maximum absolute atomic E-state index is 13.2. The SMILES string of the molecule is Cc1ccc(CCC2CCN(C(=O)c3cccnc3SCc3cc(C)on3)CC2)cc1. The highest BCUT2D eigenvalue weighted by Crippen LogP contribution is 2.28. The highest BCUT2D eigenvalue weighted by atomic mass is 32.2. The Bertz CT molecular complexity index is 1010. The second-order valence-corrected chi connectivity index (χ2v) is 9.30. The number of aromatic nitrogens is 2. The van der Waals surface area contributed by atoms with Crippen molar-refractivity contribution in [3.63, 3.8) is 0 Å². The van der Waals surface area contributed by atoms with Crippen molar-refractivity contribution in [3.05, 3.63) is 76.8 Å². The second-order valence-electron chi connectivity index (χ2n) is 8.33. The topological polar surface area (TPSA) is 59.2 Å². The van der Waals surface area contributed by atoms with Crippen LogP contribution in [-0.2, 0) is 12.2 Å². The van der Waals surface area contributed by atoms with Crippen molar-refractivity contribution in [2.24, 2.45) is 5.92 Å².